The molecule has 0 aliphatic carbocycles. The Morgan fingerprint density at radius 2 is 2.00 bits per heavy atom. The molecule has 0 aliphatic heterocycles. The molecule has 23 heavy (non-hydrogen) atoms. The van der Waals surface area contributed by atoms with Gasteiger partial charge >= 0.3 is 6.09 Å². The maximum Gasteiger partial charge on any atom is 0.407 e. The second-order valence-electron chi connectivity index (χ2n) is 6.24. The van der Waals surface area contributed by atoms with Crippen LogP contribution in [0.25, 0.3) is 0 Å². The number of nitrogens with one attached hydrogen (secondary N) is 1. The Morgan fingerprint density at radius 1 is 1.35 bits per heavy atom. The Balaban J connectivity index is 2.51. The highest BCUT2D eigenvalue weighted by Gasteiger charge is 2.20. The van der Waals surface area contributed by atoms with E-state index in [1.807, 2.05) is 0 Å². The van der Waals surface area contributed by atoms with Gasteiger partial charge in [0.15, 0.2) is 0 Å². The molecule has 4 N–H and O–H groups in total. The molecule has 6 nitrogen and oxygen atoms in total. The molecule has 1 aromatic rings. The third kappa shape index (κ3) is 6.87. The molecule has 1 rings (SSSR count). The van der Waals surface area contributed by atoms with E-state index in [1.54, 1.807) is 39.0 Å². The molecule has 0 saturated carbocycles. The number of ether oxygens (including phenoxy) is 1. The van der Waals surface area contributed by atoms with Gasteiger partial charge in [-0.25, -0.2) is 4.79 Å². The first-order valence-corrected chi connectivity index (χ1v) is 8.15. The molecule has 7 heteroatoms. The number of amides is 1. The van der Waals surface area contributed by atoms with Gasteiger partial charge < -0.3 is 25.4 Å². The maximum atomic E-state index is 11.5. The number of alkyl carbamates (subject to hydrolysis) is 1. The van der Waals surface area contributed by atoms with E-state index in [1.165, 1.54) is 0 Å². The van der Waals surface area contributed by atoms with Gasteiger partial charge in [-0.1, -0.05) is 22.0 Å². The molecule has 0 bridgehead atoms. The number of rotatable bonds is 6. The highest BCUT2D eigenvalue weighted by Crippen LogP contribution is 2.24. The van der Waals surface area contributed by atoms with Crippen LogP contribution in [-0.4, -0.2) is 39.7 Å². The molecule has 2 unspecified atom stereocenters. The number of halogens is 1. The smallest absolute Gasteiger partial charge is 0.407 e. The fraction of sp³-hybridized carbons (Fsp3) is 0.562. The molecule has 1 amide bonds. The Bertz CT molecular complexity index is 530. The van der Waals surface area contributed by atoms with Crippen LogP contribution < -0.4 is 5.32 Å². The lowest BCUT2D eigenvalue weighted by Gasteiger charge is -2.21. The minimum atomic E-state index is -1.10. The van der Waals surface area contributed by atoms with Crippen LogP contribution in [0.4, 0.5) is 4.79 Å². The van der Waals surface area contributed by atoms with Gasteiger partial charge in [0.2, 0.25) is 0 Å². The van der Waals surface area contributed by atoms with Gasteiger partial charge in [0, 0.05) is 11.0 Å². The number of carbonyl (C=O) groups excluding carboxylic acids is 1. The lowest BCUT2D eigenvalue weighted by molar-refractivity contribution is 0.0122. The SMILES string of the molecule is CC(C)(C)OC(=O)NCCC(O)C(O)c1ccc(Br)c(CO)c1. The van der Waals surface area contributed by atoms with Crippen molar-refractivity contribution in [3.63, 3.8) is 0 Å². The standard InChI is InChI=1S/C16H24BrNO5/c1-16(2,3)23-15(22)18-7-6-13(20)14(21)10-4-5-12(17)11(8-10)9-19/h4-5,8,13-14,19-21H,6-7,9H2,1-3H3,(H,18,22). The number of carbonyl (C=O) groups is 1. The summed E-state index contributed by atoms with van der Waals surface area (Å²) in [6, 6.07) is 4.99. The summed E-state index contributed by atoms with van der Waals surface area (Å²) in [6.45, 7) is 5.29. The normalized spacial score (nSPS) is 14.2. The van der Waals surface area contributed by atoms with Crippen LogP contribution in [0.5, 0.6) is 0 Å². The van der Waals surface area contributed by atoms with Gasteiger partial charge in [-0.2, -0.15) is 0 Å². The first-order chi connectivity index (χ1) is 10.6. The van der Waals surface area contributed by atoms with E-state index in [0.29, 0.717) is 11.1 Å². The summed E-state index contributed by atoms with van der Waals surface area (Å²) < 4.78 is 5.81. The number of hydrogen-bond donors (Lipinski definition) is 4. The lowest BCUT2D eigenvalue weighted by atomic mass is 10.0. The van der Waals surface area contributed by atoms with E-state index in [-0.39, 0.29) is 19.6 Å². The summed E-state index contributed by atoms with van der Waals surface area (Å²) in [4.78, 5) is 11.5. The third-order valence-electron chi connectivity index (χ3n) is 3.05. The molecule has 0 aliphatic rings. The van der Waals surface area contributed by atoms with E-state index in [0.717, 1.165) is 4.47 Å². The first kappa shape index (κ1) is 19.9. The number of benzene rings is 1. The van der Waals surface area contributed by atoms with Crippen LogP contribution in [0.1, 0.15) is 44.4 Å². The van der Waals surface area contributed by atoms with Gasteiger partial charge in [-0.15, -0.1) is 0 Å². The van der Waals surface area contributed by atoms with Gasteiger partial charge in [-0.05, 0) is 50.5 Å². The van der Waals surface area contributed by atoms with Crippen LogP contribution in [0, 0.1) is 0 Å². The molecular formula is C16H24BrNO5. The molecular weight excluding hydrogens is 366 g/mol. The van der Waals surface area contributed by atoms with Crippen LogP contribution in [-0.2, 0) is 11.3 Å². The minimum absolute atomic E-state index is 0.169. The van der Waals surface area contributed by atoms with Gasteiger partial charge in [0.25, 0.3) is 0 Å². The van der Waals surface area contributed by atoms with Crippen molar-refractivity contribution in [1.82, 2.24) is 5.32 Å². The number of aliphatic hydroxyl groups excluding tert-OH is 3. The molecule has 0 spiro atoms. The second-order valence-corrected chi connectivity index (χ2v) is 7.09. The second kappa shape index (κ2) is 8.63. The van der Waals surface area contributed by atoms with Crippen molar-refractivity contribution >= 4 is 22.0 Å². The summed E-state index contributed by atoms with van der Waals surface area (Å²) in [5.41, 5.74) is 0.544. The van der Waals surface area contributed by atoms with Crippen molar-refractivity contribution in [3.05, 3.63) is 33.8 Å². The highest BCUT2D eigenvalue weighted by atomic mass is 79.9. The highest BCUT2D eigenvalue weighted by molar-refractivity contribution is 9.10. The average Bonchev–Trinajstić information content (AvgIpc) is 2.45. The quantitative estimate of drug-likeness (QED) is 0.597. The Kier molecular flexibility index (Phi) is 7.47. The molecule has 0 heterocycles. The zero-order valence-corrected chi connectivity index (χ0v) is 15.1. The van der Waals surface area contributed by atoms with Crippen LogP contribution in [0.3, 0.4) is 0 Å². The number of aliphatic hydroxyl groups is 3. The molecule has 1 aromatic carbocycles. The summed E-state index contributed by atoms with van der Waals surface area (Å²) in [6.07, 6.45) is -2.54. The predicted molar refractivity (Wildman–Crippen MR) is 89.9 cm³/mol. The van der Waals surface area contributed by atoms with Gasteiger partial charge in [-0.3, -0.25) is 0 Å². The van der Waals surface area contributed by atoms with Gasteiger partial charge in [0.05, 0.1) is 12.7 Å². The van der Waals surface area contributed by atoms with Crippen molar-refractivity contribution in [1.29, 1.82) is 0 Å². The Morgan fingerprint density at radius 3 is 2.57 bits per heavy atom. The minimum Gasteiger partial charge on any atom is -0.444 e. The van der Waals surface area contributed by atoms with E-state index in [4.69, 9.17) is 4.74 Å². The Labute approximate surface area is 144 Å². The van der Waals surface area contributed by atoms with Crippen LogP contribution in [0.2, 0.25) is 0 Å². The van der Waals surface area contributed by atoms with Crippen LogP contribution in [0.15, 0.2) is 22.7 Å². The maximum absolute atomic E-state index is 11.5. The molecule has 2 atom stereocenters. The fourth-order valence-electron chi connectivity index (χ4n) is 1.92. The lowest BCUT2D eigenvalue weighted by Crippen LogP contribution is -2.34. The topological polar surface area (TPSA) is 99.0 Å². The van der Waals surface area contributed by atoms with Crippen molar-refractivity contribution in [3.8, 4) is 0 Å². The average molecular weight is 390 g/mol. The van der Waals surface area contributed by atoms with E-state index >= 15 is 0 Å². The van der Waals surface area contributed by atoms with Crippen molar-refractivity contribution in [2.24, 2.45) is 0 Å². The monoisotopic (exact) mass is 389 g/mol. The number of hydrogen-bond acceptors (Lipinski definition) is 5. The largest absolute Gasteiger partial charge is 0.444 e. The third-order valence-corrected chi connectivity index (χ3v) is 3.83. The molecule has 0 aromatic heterocycles. The summed E-state index contributed by atoms with van der Waals surface area (Å²) in [5, 5.41) is 31.9. The molecule has 0 radical (unpaired) electrons. The zero-order chi connectivity index (χ0) is 17.6. The molecule has 0 fully saturated rings. The molecule has 0 saturated heterocycles. The van der Waals surface area contributed by atoms with Gasteiger partial charge in [0.1, 0.15) is 11.7 Å². The Hall–Kier alpha value is -1.15. The molecule has 130 valence electrons. The fourth-order valence-corrected chi connectivity index (χ4v) is 2.29. The van der Waals surface area contributed by atoms with Crippen molar-refractivity contribution in [2.45, 2.75) is 51.6 Å². The van der Waals surface area contributed by atoms with E-state index in [2.05, 4.69) is 21.2 Å². The van der Waals surface area contributed by atoms with Crippen molar-refractivity contribution < 1.29 is 24.9 Å². The predicted octanol–water partition coefficient (Wildman–Crippen LogP) is 2.25. The van der Waals surface area contributed by atoms with Crippen LogP contribution >= 0.6 is 15.9 Å². The summed E-state index contributed by atoms with van der Waals surface area (Å²) in [7, 11) is 0. The van der Waals surface area contributed by atoms with E-state index < -0.39 is 23.9 Å². The van der Waals surface area contributed by atoms with Crippen molar-refractivity contribution in [2.75, 3.05) is 6.54 Å². The first-order valence-electron chi connectivity index (χ1n) is 7.36. The summed E-state index contributed by atoms with van der Waals surface area (Å²) in [5.74, 6) is 0. The summed E-state index contributed by atoms with van der Waals surface area (Å²) >= 11 is 3.29. The van der Waals surface area contributed by atoms with E-state index in [9.17, 15) is 20.1 Å². The zero-order valence-electron chi connectivity index (χ0n) is 13.5.